The third-order valence-electron chi connectivity index (χ3n) is 5.63. The van der Waals surface area contributed by atoms with Gasteiger partial charge in [-0.2, -0.15) is 0 Å². The number of hydrogen-bond donors (Lipinski definition) is 1. The number of nitrogens with one attached hydrogen (secondary N) is 1. The quantitative estimate of drug-likeness (QED) is 0.726. The minimum atomic E-state index is -0.0742. The predicted molar refractivity (Wildman–Crippen MR) is 108 cm³/mol. The van der Waals surface area contributed by atoms with Gasteiger partial charge < -0.3 is 14.2 Å². The zero-order valence-electron chi connectivity index (χ0n) is 16.7. The first-order valence-corrected chi connectivity index (χ1v) is 10.4. The number of carbonyl (C=O) groups is 1. The molecule has 1 fully saturated rings. The van der Waals surface area contributed by atoms with Crippen LogP contribution in [0.4, 0.5) is 0 Å². The molecule has 2 aromatic rings. The molecule has 1 N–H and O–H groups in total. The van der Waals surface area contributed by atoms with Crippen molar-refractivity contribution in [2.24, 2.45) is 0 Å². The van der Waals surface area contributed by atoms with Gasteiger partial charge in [-0.25, -0.2) is 4.79 Å². The molecule has 27 heavy (non-hydrogen) atoms. The van der Waals surface area contributed by atoms with Gasteiger partial charge in [-0.15, -0.1) is 0 Å². The molecule has 4 heteroatoms. The van der Waals surface area contributed by atoms with Crippen LogP contribution in [0.2, 0.25) is 0 Å². The van der Waals surface area contributed by atoms with Gasteiger partial charge in [0.05, 0.1) is 18.3 Å². The molecule has 0 spiro atoms. The minimum absolute atomic E-state index is 0.0742. The fourth-order valence-electron chi connectivity index (χ4n) is 4.26. The first-order valence-electron chi connectivity index (χ1n) is 10.4. The van der Waals surface area contributed by atoms with Gasteiger partial charge >= 0.3 is 5.97 Å². The van der Waals surface area contributed by atoms with Crippen molar-refractivity contribution < 1.29 is 14.4 Å². The van der Waals surface area contributed by atoms with E-state index >= 15 is 0 Å². The van der Waals surface area contributed by atoms with Gasteiger partial charge in [0, 0.05) is 12.7 Å². The minimum Gasteiger partial charge on any atom is -0.462 e. The van der Waals surface area contributed by atoms with Crippen LogP contribution in [-0.2, 0) is 22.6 Å². The molecule has 1 aromatic carbocycles. The maximum absolute atomic E-state index is 12.2. The number of ether oxygens (including phenoxy) is 1. The largest absolute Gasteiger partial charge is 0.462 e. The van der Waals surface area contributed by atoms with Crippen molar-refractivity contribution >= 4 is 5.97 Å². The lowest BCUT2D eigenvalue weighted by molar-refractivity contribution is -0.933. The number of nitrogens with zero attached hydrogens (tertiary/aromatic N) is 1. The fourth-order valence-corrected chi connectivity index (χ4v) is 4.26. The van der Waals surface area contributed by atoms with Crippen molar-refractivity contribution in [2.75, 3.05) is 13.2 Å². The second kappa shape index (κ2) is 9.75. The molecule has 0 bridgehead atoms. The predicted octanol–water partition coefficient (Wildman–Crippen LogP) is 3.13. The number of aromatic nitrogens is 1. The zero-order chi connectivity index (χ0) is 19.1. The molecule has 4 nitrogen and oxygen atoms in total. The monoisotopic (exact) mass is 369 g/mol. The Morgan fingerprint density at radius 3 is 2.74 bits per heavy atom. The Bertz CT molecular complexity index is 731. The summed E-state index contributed by atoms with van der Waals surface area (Å²) in [7, 11) is 0. The lowest BCUT2D eigenvalue weighted by Gasteiger charge is -2.31. The molecule has 1 atom stereocenters. The Hall–Kier alpha value is -2.07. The molecule has 3 rings (SSSR count). The lowest BCUT2D eigenvalue weighted by atomic mass is 9.94. The average Bonchev–Trinajstić information content (AvgIpc) is 3.09. The second-order valence-electron chi connectivity index (χ2n) is 7.77. The van der Waals surface area contributed by atoms with Crippen molar-refractivity contribution in [3.8, 4) is 0 Å². The highest BCUT2D eigenvalue weighted by atomic mass is 16.5. The highest BCUT2D eigenvalue weighted by Gasteiger charge is 2.28. The Morgan fingerprint density at radius 2 is 2.00 bits per heavy atom. The topological polar surface area (TPSA) is 35.7 Å². The van der Waals surface area contributed by atoms with Crippen LogP contribution in [-0.4, -0.2) is 29.7 Å². The fraction of sp³-hybridized carbons (Fsp3) is 0.522. The van der Waals surface area contributed by atoms with Crippen LogP contribution >= 0.6 is 0 Å². The summed E-state index contributed by atoms with van der Waals surface area (Å²) in [4.78, 5) is 13.5. The number of carbonyl (C=O) groups excluding carboxylic acids is 1. The van der Waals surface area contributed by atoms with Gasteiger partial charge in [0.2, 0.25) is 0 Å². The number of esters is 1. The van der Waals surface area contributed by atoms with Crippen molar-refractivity contribution in [1.82, 2.24) is 4.57 Å². The molecule has 1 aliphatic rings. The van der Waals surface area contributed by atoms with Crippen molar-refractivity contribution in [2.45, 2.75) is 65.1 Å². The van der Waals surface area contributed by atoms with Gasteiger partial charge in [0.1, 0.15) is 6.54 Å². The van der Waals surface area contributed by atoms with E-state index in [0.717, 1.165) is 13.1 Å². The first kappa shape index (κ1) is 19.7. The average molecular weight is 370 g/mol. The molecule has 0 amide bonds. The van der Waals surface area contributed by atoms with Gasteiger partial charge in [0.15, 0.2) is 6.54 Å². The molecular formula is C23H33N2O2+. The number of quaternary nitrogens is 1. The lowest BCUT2D eigenvalue weighted by Crippen LogP contribution is -3.15. The normalized spacial score (nSPS) is 16.2. The van der Waals surface area contributed by atoms with Crippen LogP contribution in [0.3, 0.4) is 0 Å². The third kappa shape index (κ3) is 5.70. The van der Waals surface area contributed by atoms with Gasteiger partial charge in [-0.05, 0) is 57.2 Å². The SMILES string of the molecule is CCOC(=O)C[NH+](Cc1cccn1Cc1cccc(C)c1)C1CCCCC1. The summed E-state index contributed by atoms with van der Waals surface area (Å²) in [5, 5.41) is 0. The maximum Gasteiger partial charge on any atom is 0.361 e. The van der Waals surface area contributed by atoms with E-state index in [1.54, 1.807) is 0 Å². The molecule has 1 saturated carbocycles. The summed E-state index contributed by atoms with van der Waals surface area (Å²) >= 11 is 0. The highest BCUT2D eigenvalue weighted by Crippen LogP contribution is 2.16. The summed E-state index contributed by atoms with van der Waals surface area (Å²) in [5.74, 6) is -0.0742. The molecule has 1 aromatic heterocycles. The van der Waals surface area contributed by atoms with E-state index in [4.69, 9.17) is 4.74 Å². The van der Waals surface area contributed by atoms with Crippen LogP contribution in [0.15, 0.2) is 42.6 Å². The van der Waals surface area contributed by atoms with Crippen LogP contribution in [0.25, 0.3) is 0 Å². The van der Waals surface area contributed by atoms with E-state index < -0.39 is 0 Å². The van der Waals surface area contributed by atoms with E-state index in [1.807, 2.05) is 6.92 Å². The van der Waals surface area contributed by atoms with Gasteiger partial charge in [-0.1, -0.05) is 36.2 Å². The van der Waals surface area contributed by atoms with E-state index in [-0.39, 0.29) is 5.97 Å². The van der Waals surface area contributed by atoms with Crippen molar-refractivity contribution in [3.05, 3.63) is 59.4 Å². The van der Waals surface area contributed by atoms with E-state index in [2.05, 4.69) is 54.1 Å². The molecule has 0 saturated heterocycles. The van der Waals surface area contributed by atoms with Crippen LogP contribution < -0.4 is 4.90 Å². The summed E-state index contributed by atoms with van der Waals surface area (Å²) in [6.45, 7) is 6.69. The zero-order valence-corrected chi connectivity index (χ0v) is 16.7. The molecule has 1 aliphatic carbocycles. The smallest absolute Gasteiger partial charge is 0.361 e. The number of benzene rings is 1. The van der Waals surface area contributed by atoms with E-state index in [1.165, 1.54) is 53.8 Å². The molecule has 0 radical (unpaired) electrons. The highest BCUT2D eigenvalue weighted by molar-refractivity contribution is 5.70. The first-order chi connectivity index (χ1) is 13.2. The van der Waals surface area contributed by atoms with E-state index in [9.17, 15) is 4.79 Å². The number of rotatable bonds is 8. The van der Waals surface area contributed by atoms with Crippen molar-refractivity contribution in [1.29, 1.82) is 0 Å². The Labute approximate surface area is 163 Å². The molecule has 1 unspecified atom stereocenters. The Morgan fingerprint density at radius 1 is 1.19 bits per heavy atom. The summed E-state index contributed by atoms with van der Waals surface area (Å²) in [5.41, 5.74) is 3.90. The van der Waals surface area contributed by atoms with Crippen LogP contribution in [0.5, 0.6) is 0 Å². The molecule has 1 heterocycles. The second-order valence-corrected chi connectivity index (χ2v) is 7.77. The summed E-state index contributed by atoms with van der Waals surface area (Å²) < 4.78 is 7.58. The standard InChI is InChI=1S/C23H32N2O2/c1-3-27-23(26)18-25(21-11-5-4-6-12-21)17-22-13-8-14-24(22)16-20-10-7-9-19(2)15-20/h7-10,13-15,21H,3-6,11-12,16-18H2,1-2H3/p+1. The Kier molecular flexibility index (Phi) is 7.11. The van der Waals surface area contributed by atoms with E-state index in [0.29, 0.717) is 19.2 Å². The summed E-state index contributed by atoms with van der Waals surface area (Å²) in [6.07, 6.45) is 8.47. The van der Waals surface area contributed by atoms with Crippen molar-refractivity contribution in [3.63, 3.8) is 0 Å². The molecule has 146 valence electrons. The molecule has 0 aliphatic heterocycles. The summed E-state index contributed by atoms with van der Waals surface area (Å²) in [6, 6.07) is 13.6. The van der Waals surface area contributed by atoms with Crippen LogP contribution in [0.1, 0.15) is 55.8 Å². The number of aryl methyl sites for hydroxylation is 1. The number of hydrogen-bond acceptors (Lipinski definition) is 2. The van der Waals surface area contributed by atoms with Gasteiger partial charge in [-0.3, -0.25) is 0 Å². The molecular weight excluding hydrogens is 336 g/mol. The van der Waals surface area contributed by atoms with Crippen LogP contribution in [0, 0.1) is 6.92 Å². The van der Waals surface area contributed by atoms with Gasteiger partial charge in [0.25, 0.3) is 0 Å². The Balaban J connectivity index is 1.73. The third-order valence-corrected chi connectivity index (χ3v) is 5.63. The maximum atomic E-state index is 12.2.